The van der Waals surface area contributed by atoms with E-state index >= 15 is 0 Å². The Morgan fingerprint density at radius 3 is 2.39 bits per heavy atom. The molecule has 0 fully saturated rings. The molecule has 1 heterocycles. The smallest absolute Gasteiger partial charge is 0.161 e. The Balaban J connectivity index is 2.10. The molecule has 0 aliphatic heterocycles. The Morgan fingerprint density at radius 2 is 1.64 bits per heavy atom. The maximum absolute atomic E-state index is 10.4. The van der Waals surface area contributed by atoms with Gasteiger partial charge in [0.1, 0.15) is 5.75 Å². The zero-order valence-electron chi connectivity index (χ0n) is 16.0. The zero-order chi connectivity index (χ0) is 19.8. The molecule has 0 spiro atoms. The number of nitrogens with zero attached hydrogens (tertiary/aromatic N) is 1. The number of phenolic OH excluding ortho intramolecular Hbond substituents is 2. The number of phenols is 2. The van der Waals surface area contributed by atoms with Crippen molar-refractivity contribution in [2.75, 3.05) is 7.11 Å². The van der Waals surface area contributed by atoms with E-state index in [1.807, 2.05) is 50.2 Å². The summed E-state index contributed by atoms with van der Waals surface area (Å²) < 4.78 is 5.31. The molecule has 0 aliphatic rings. The monoisotopic (exact) mass is 371 g/mol. The van der Waals surface area contributed by atoms with Crippen molar-refractivity contribution in [3.63, 3.8) is 0 Å². The first-order valence-electron chi connectivity index (χ1n) is 9.06. The first kappa shape index (κ1) is 17.9. The van der Waals surface area contributed by atoms with Crippen molar-refractivity contribution in [1.82, 2.24) is 4.98 Å². The topological polar surface area (TPSA) is 62.6 Å². The molecule has 4 nitrogen and oxygen atoms in total. The molecule has 0 saturated carbocycles. The van der Waals surface area contributed by atoms with Gasteiger partial charge in [0.25, 0.3) is 0 Å². The minimum Gasteiger partial charge on any atom is -0.507 e. The highest BCUT2D eigenvalue weighted by Gasteiger charge is 2.18. The fraction of sp³-hybridized carbons (Fsp3) is 0.125. The molecule has 0 radical (unpaired) electrons. The molecule has 0 unspecified atom stereocenters. The normalized spacial score (nSPS) is 11.0. The van der Waals surface area contributed by atoms with E-state index in [0.29, 0.717) is 11.3 Å². The van der Waals surface area contributed by atoms with Crippen LogP contribution in [-0.4, -0.2) is 22.3 Å². The van der Waals surface area contributed by atoms with Gasteiger partial charge in [-0.3, -0.25) is 0 Å². The quantitative estimate of drug-likeness (QED) is 0.492. The standard InChI is InChI=1S/C24H21NO3/c1-14-8-10-19-18(12-14)23(16-9-11-21(27)22(13-16)28-3)15(2)24(25-19)17-6-4-5-7-20(17)26/h4-13,26-27H,1-3H3. The number of ether oxygens (including phenoxy) is 1. The molecule has 4 heteroatoms. The highest BCUT2D eigenvalue weighted by molar-refractivity contribution is 6.00. The molecule has 140 valence electrons. The van der Waals surface area contributed by atoms with Gasteiger partial charge >= 0.3 is 0 Å². The average molecular weight is 371 g/mol. The van der Waals surface area contributed by atoms with Crippen LogP contribution < -0.4 is 4.74 Å². The van der Waals surface area contributed by atoms with E-state index in [4.69, 9.17) is 9.72 Å². The van der Waals surface area contributed by atoms with Crippen LogP contribution >= 0.6 is 0 Å². The highest BCUT2D eigenvalue weighted by atomic mass is 16.5. The molecule has 28 heavy (non-hydrogen) atoms. The Morgan fingerprint density at radius 1 is 0.857 bits per heavy atom. The van der Waals surface area contributed by atoms with Gasteiger partial charge < -0.3 is 14.9 Å². The zero-order valence-corrected chi connectivity index (χ0v) is 16.0. The van der Waals surface area contributed by atoms with Gasteiger partial charge in [0, 0.05) is 10.9 Å². The van der Waals surface area contributed by atoms with E-state index < -0.39 is 0 Å². The second kappa shape index (κ2) is 6.89. The van der Waals surface area contributed by atoms with Crippen molar-refractivity contribution in [3.05, 3.63) is 71.8 Å². The van der Waals surface area contributed by atoms with Crippen molar-refractivity contribution >= 4 is 10.9 Å². The number of pyridine rings is 1. The number of aromatic hydroxyl groups is 2. The Labute approximate surface area is 163 Å². The first-order valence-corrected chi connectivity index (χ1v) is 9.06. The van der Waals surface area contributed by atoms with Crippen LogP contribution in [0.25, 0.3) is 33.3 Å². The van der Waals surface area contributed by atoms with Crippen molar-refractivity contribution in [2.24, 2.45) is 0 Å². The van der Waals surface area contributed by atoms with Gasteiger partial charge in [0.05, 0.1) is 18.3 Å². The number of hydrogen-bond donors (Lipinski definition) is 2. The van der Waals surface area contributed by atoms with Crippen molar-refractivity contribution in [1.29, 1.82) is 0 Å². The number of hydrogen-bond acceptors (Lipinski definition) is 4. The van der Waals surface area contributed by atoms with Crippen molar-refractivity contribution < 1.29 is 14.9 Å². The lowest BCUT2D eigenvalue weighted by atomic mass is 9.92. The van der Waals surface area contributed by atoms with Crippen molar-refractivity contribution in [3.8, 4) is 39.6 Å². The van der Waals surface area contributed by atoms with Crippen LogP contribution in [0.5, 0.6) is 17.2 Å². The number of aryl methyl sites for hydroxylation is 1. The van der Waals surface area contributed by atoms with E-state index in [-0.39, 0.29) is 11.5 Å². The molecule has 1 aromatic heterocycles. The molecule has 0 amide bonds. The number of methoxy groups -OCH3 is 1. The number of rotatable bonds is 3. The number of aromatic nitrogens is 1. The minimum atomic E-state index is 0.0966. The summed E-state index contributed by atoms with van der Waals surface area (Å²) in [6.45, 7) is 4.05. The lowest BCUT2D eigenvalue weighted by Crippen LogP contribution is -1.96. The van der Waals surface area contributed by atoms with Gasteiger partial charge in [-0.05, 0) is 66.9 Å². The third kappa shape index (κ3) is 2.93. The lowest BCUT2D eigenvalue weighted by Gasteiger charge is -2.17. The Kier molecular flexibility index (Phi) is 4.40. The maximum atomic E-state index is 10.4. The summed E-state index contributed by atoms with van der Waals surface area (Å²) in [5.41, 5.74) is 6.28. The SMILES string of the molecule is COc1cc(-c2c(C)c(-c3ccccc3O)nc3ccc(C)cc23)ccc1O. The van der Waals surface area contributed by atoms with Gasteiger partial charge in [-0.2, -0.15) is 0 Å². The molecular weight excluding hydrogens is 350 g/mol. The largest absolute Gasteiger partial charge is 0.507 e. The predicted molar refractivity (Wildman–Crippen MR) is 112 cm³/mol. The van der Waals surface area contributed by atoms with E-state index in [1.165, 1.54) is 7.11 Å². The molecule has 4 aromatic rings. The van der Waals surface area contributed by atoms with Gasteiger partial charge in [-0.1, -0.05) is 29.8 Å². The van der Waals surface area contributed by atoms with Crippen LogP contribution in [0.4, 0.5) is 0 Å². The van der Waals surface area contributed by atoms with Crippen LogP contribution in [0, 0.1) is 13.8 Å². The second-order valence-corrected chi connectivity index (χ2v) is 6.88. The van der Waals surface area contributed by atoms with Crippen LogP contribution in [0.2, 0.25) is 0 Å². The fourth-order valence-electron chi connectivity index (χ4n) is 3.61. The molecular formula is C24H21NO3. The van der Waals surface area contributed by atoms with Gasteiger partial charge in [-0.25, -0.2) is 4.98 Å². The summed E-state index contributed by atoms with van der Waals surface area (Å²) in [5, 5.41) is 21.4. The first-order chi connectivity index (χ1) is 13.5. The van der Waals surface area contributed by atoms with E-state index in [2.05, 4.69) is 6.07 Å². The van der Waals surface area contributed by atoms with Crippen LogP contribution in [0.1, 0.15) is 11.1 Å². The molecule has 3 aromatic carbocycles. The molecule has 0 bridgehead atoms. The van der Waals surface area contributed by atoms with E-state index in [0.717, 1.165) is 38.9 Å². The molecule has 0 atom stereocenters. The number of benzene rings is 3. The lowest BCUT2D eigenvalue weighted by molar-refractivity contribution is 0.373. The van der Waals surface area contributed by atoms with Crippen LogP contribution in [0.15, 0.2) is 60.7 Å². The number of fused-ring (bicyclic) bond motifs is 1. The highest BCUT2D eigenvalue weighted by Crippen LogP contribution is 2.41. The molecule has 4 rings (SSSR count). The minimum absolute atomic E-state index is 0.0966. The summed E-state index contributed by atoms with van der Waals surface area (Å²) in [4.78, 5) is 4.85. The molecule has 0 aliphatic carbocycles. The van der Waals surface area contributed by atoms with Crippen LogP contribution in [-0.2, 0) is 0 Å². The Hall–Kier alpha value is -3.53. The maximum Gasteiger partial charge on any atom is 0.161 e. The third-order valence-corrected chi connectivity index (χ3v) is 5.01. The second-order valence-electron chi connectivity index (χ2n) is 6.88. The van der Waals surface area contributed by atoms with Gasteiger partial charge in [0.15, 0.2) is 11.5 Å². The summed E-state index contributed by atoms with van der Waals surface area (Å²) in [6, 6.07) is 18.7. The summed E-state index contributed by atoms with van der Waals surface area (Å²) in [6.07, 6.45) is 0. The summed E-state index contributed by atoms with van der Waals surface area (Å²) in [5.74, 6) is 0.705. The Bertz CT molecular complexity index is 1200. The molecule has 0 saturated heterocycles. The van der Waals surface area contributed by atoms with Crippen molar-refractivity contribution in [2.45, 2.75) is 13.8 Å². The number of para-hydroxylation sites is 1. The predicted octanol–water partition coefficient (Wildman–Crippen LogP) is 5.61. The summed E-state index contributed by atoms with van der Waals surface area (Å²) in [7, 11) is 1.54. The van der Waals surface area contributed by atoms with Gasteiger partial charge in [0.2, 0.25) is 0 Å². The van der Waals surface area contributed by atoms with Gasteiger partial charge in [-0.15, -0.1) is 0 Å². The average Bonchev–Trinajstić information content (AvgIpc) is 2.69. The van der Waals surface area contributed by atoms with E-state index in [9.17, 15) is 10.2 Å². The van der Waals surface area contributed by atoms with Crippen LogP contribution in [0.3, 0.4) is 0 Å². The summed E-state index contributed by atoms with van der Waals surface area (Å²) >= 11 is 0. The third-order valence-electron chi connectivity index (χ3n) is 5.01. The fourth-order valence-corrected chi connectivity index (χ4v) is 3.61. The van der Waals surface area contributed by atoms with E-state index in [1.54, 1.807) is 18.2 Å². The molecule has 2 N–H and O–H groups in total.